The molecule has 2 rings (SSSR count). The fourth-order valence-electron chi connectivity index (χ4n) is 2.40. The van der Waals surface area contributed by atoms with Gasteiger partial charge in [-0.1, -0.05) is 43.9 Å². The lowest BCUT2D eigenvalue weighted by Crippen LogP contribution is -2.00. The van der Waals surface area contributed by atoms with Gasteiger partial charge < -0.3 is 9.84 Å². The SMILES string of the molecule is CC(=O)O.COc1ccccc1CC1CCCC1. The van der Waals surface area contributed by atoms with E-state index in [4.69, 9.17) is 14.6 Å². The zero-order valence-electron chi connectivity index (χ0n) is 11.2. The summed E-state index contributed by atoms with van der Waals surface area (Å²) >= 11 is 0. The number of hydrogen-bond acceptors (Lipinski definition) is 2. The van der Waals surface area contributed by atoms with E-state index in [1.165, 1.54) is 37.7 Å². The number of carboxylic acid groups (broad SMARTS) is 1. The fraction of sp³-hybridized carbons (Fsp3) is 0.533. The molecule has 0 atom stereocenters. The lowest BCUT2D eigenvalue weighted by Gasteiger charge is -2.12. The third-order valence-electron chi connectivity index (χ3n) is 3.18. The molecule has 1 N–H and O–H groups in total. The van der Waals surface area contributed by atoms with Crippen molar-refractivity contribution in [1.82, 2.24) is 0 Å². The predicted octanol–water partition coefficient (Wildman–Crippen LogP) is 3.52. The molecule has 0 aliphatic heterocycles. The van der Waals surface area contributed by atoms with Crippen LogP contribution in [0.1, 0.15) is 38.2 Å². The van der Waals surface area contributed by atoms with Crippen molar-refractivity contribution < 1.29 is 14.6 Å². The van der Waals surface area contributed by atoms with E-state index in [2.05, 4.69) is 18.2 Å². The van der Waals surface area contributed by atoms with Crippen molar-refractivity contribution in [2.24, 2.45) is 5.92 Å². The summed E-state index contributed by atoms with van der Waals surface area (Å²) in [5.74, 6) is 1.12. The van der Waals surface area contributed by atoms with Gasteiger partial charge in [0.1, 0.15) is 5.75 Å². The minimum Gasteiger partial charge on any atom is -0.496 e. The minimum absolute atomic E-state index is 0.833. The van der Waals surface area contributed by atoms with E-state index < -0.39 is 5.97 Å². The first-order valence-electron chi connectivity index (χ1n) is 6.45. The van der Waals surface area contributed by atoms with Gasteiger partial charge in [-0.15, -0.1) is 0 Å². The number of carboxylic acids is 1. The lowest BCUT2D eigenvalue weighted by atomic mass is 9.97. The first-order valence-corrected chi connectivity index (χ1v) is 6.45. The van der Waals surface area contributed by atoms with Crippen LogP contribution in [0.4, 0.5) is 0 Å². The molecule has 0 saturated heterocycles. The molecule has 1 aliphatic rings. The van der Waals surface area contributed by atoms with E-state index in [0.29, 0.717) is 0 Å². The van der Waals surface area contributed by atoms with E-state index in [1.54, 1.807) is 7.11 Å². The Bertz CT molecular complexity index is 364. The molecule has 1 saturated carbocycles. The van der Waals surface area contributed by atoms with Crippen LogP contribution < -0.4 is 4.74 Å². The van der Waals surface area contributed by atoms with Gasteiger partial charge in [0, 0.05) is 6.92 Å². The van der Waals surface area contributed by atoms with E-state index >= 15 is 0 Å². The van der Waals surface area contributed by atoms with E-state index in [0.717, 1.165) is 18.6 Å². The van der Waals surface area contributed by atoms with Crippen LogP contribution in [0.3, 0.4) is 0 Å². The maximum atomic E-state index is 9.00. The molecule has 1 fully saturated rings. The first-order chi connectivity index (χ1) is 8.63. The highest BCUT2D eigenvalue weighted by Crippen LogP contribution is 2.30. The van der Waals surface area contributed by atoms with Gasteiger partial charge in [0.2, 0.25) is 0 Å². The van der Waals surface area contributed by atoms with Gasteiger partial charge in [-0.3, -0.25) is 4.79 Å². The molecule has 0 spiro atoms. The number of rotatable bonds is 3. The number of aliphatic carboxylic acids is 1. The summed E-state index contributed by atoms with van der Waals surface area (Å²) < 4.78 is 5.36. The van der Waals surface area contributed by atoms with Crippen LogP contribution in [0.5, 0.6) is 5.75 Å². The third-order valence-corrected chi connectivity index (χ3v) is 3.18. The Morgan fingerprint density at radius 1 is 1.33 bits per heavy atom. The molecule has 0 aromatic heterocycles. The number of para-hydroxylation sites is 1. The summed E-state index contributed by atoms with van der Waals surface area (Å²) in [6.07, 6.45) is 6.83. The summed E-state index contributed by atoms with van der Waals surface area (Å²) in [4.78, 5) is 9.00. The predicted molar refractivity (Wildman–Crippen MR) is 72.0 cm³/mol. The lowest BCUT2D eigenvalue weighted by molar-refractivity contribution is -0.134. The molecular weight excluding hydrogens is 228 g/mol. The van der Waals surface area contributed by atoms with Gasteiger partial charge in [-0.05, 0) is 24.0 Å². The van der Waals surface area contributed by atoms with Crippen molar-refractivity contribution in [3.63, 3.8) is 0 Å². The van der Waals surface area contributed by atoms with Gasteiger partial charge in [0.05, 0.1) is 7.11 Å². The van der Waals surface area contributed by atoms with Crippen LogP contribution in [-0.4, -0.2) is 18.2 Å². The smallest absolute Gasteiger partial charge is 0.300 e. The molecule has 1 aromatic rings. The van der Waals surface area contributed by atoms with Gasteiger partial charge in [0.25, 0.3) is 5.97 Å². The molecule has 0 heterocycles. The normalized spacial score (nSPS) is 14.8. The van der Waals surface area contributed by atoms with Crippen LogP contribution in [0.25, 0.3) is 0 Å². The monoisotopic (exact) mass is 250 g/mol. The minimum atomic E-state index is -0.833. The Morgan fingerprint density at radius 2 is 1.89 bits per heavy atom. The summed E-state index contributed by atoms with van der Waals surface area (Å²) in [7, 11) is 1.76. The summed E-state index contributed by atoms with van der Waals surface area (Å²) in [6.45, 7) is 1.08. The number of carbonyl (C=O) groups is 1. The molecule has 18 heavy (non-hydrogen) atoms. The number of hydrogen-bond donors (Lipinski definition) is 1. The molecule has 1 aliphatic carbocycles. The summed E-state index contributed by atoms with van der Waals surface area (Å²) in [5, 5.41) is 7.42. The van der Waals surface area contributed by atoms with Crippen molar-refractivity contribution in [2.45, 2.75) is 39.0 Å². The molecule has 0 unspecified atom stereocenters. The Hall–Kier alpha value is -1.51. The summed E-state index contributed by atoms with van der Waals surface area (Å²) in [5.41, 5.74) is 1.38. The standard InChI is InChI=1S/C13H18O.C2H4O2/c1-14-13-9-5-4-8-12(13)10-11-6-2-3-7-11;1-2(3)4/h4-5,8-9,11H,2-3,6-7,10H2,1H3;1H3,(H,3,4). The van der Waals surface area contributed by atoms with E-state index in [1.807, 2.05) is 6.07 Å². The van der Waals surface area contributed by atoms with Gasteiger partial charge >= 0.3 is 0 Å². The maximum Gasteiger partial charge on any atom is 0.300 e. The molecule has 100 valence electrons. The number of ether oxygens (including phenoxy) is 1. The molecule has 1 aromatic carbocycles. The van der Waals surface area contributed by atoms with E-state index in [-0.39, 0.29) is 0 Å². The highest BCUT2D eigenvalue weighted by Gasteiger charge is 2.16. The largest absolute Gasteiger partial charge is 0.496 e. The first kappa shape index (κ1) is 14.6. The second-order valence-electron chi connectivity index (χ2n) is 4.69. The second-order valence-corrected chi connectivity index (χ2v) is 4.69. The Labute approximate surface area is 109 Å². The van der Waals surface area contributed by atoms with Crippen molar-refractivity contribution in [3.8, 4) is 5.75 Å². The van der Waals surface area contributed by atoms with Crippen LogP contribution in [0.2, 0.25) is 0 Å². The molecule has 0 bridgehead atoms. The Kier molecular flexibility index (Phi) is 6.26. The quantitative estimate of drug-likeness (QED) is 0.892. The number of benzene rings is 1. The zero-order valence-corrected chi connectivity index (χ0v) is 11.2. The Balaban J connectivity index is 0.000000357. The molecular formula is C15H22O3. The topological polar surface area (TPSA) is 46.5 Å². The second kappa shape index (κ2) is 7.75. The van der Waals surface area contributed by atoms with Crippen molar-refractivity contribution in [1.29, 1.82) is 0 Å². The van der Waals surface area contributed by atoms with Crippen LogP contribution in [0, 0.1) is 5.92 Å². The highest BCUT2D eigenvalue weighted by atomic mass is 16.5. The van der Waals surface area contributed by atoms with Gasteiger partial charge in [0.15, 0.2) is 0 Å². The average molecular weight is 250 g/mol. The van der Waals surface area contributed by atoms with Crippen molar-refractivity contribution in [3.05, 3.63) is 29.8 Å². The van der Waals surface area contributed by atoms with Crippen molar-refractivity contribution in [2.75, 3.05) is 7.11 Å². The van der Waals surface area contributed by atoms with Gasteiger partial charge in [-0.25, -0.2) is 0 Å². The average Bonchev–Trinajstić information content (AvgIpc) is 2.82. The molecule has 3 nitrogen and oxygen atoms in total. The molecule has 3 heteroatoms. The Morgan fingerprint density at radius 3 is 2.44 bits per heavy atom. The molecule has 0 radical (unpaired) electrons. The van der Waals surface area contributed by atoms with Crippen LogP contribution in [0.15, 0.2) is 24.3 Å². The zero-order chi connectivity index (χ0) is 13.4. The number of methoxy groups -OCH3 is 1. The van der Waals surface area contributed by atoms with Gasteiger partial charge in [-0.2, -0.15) is 0 Å². The summed E-state index contributed by atoms with van der Waals surface area (Å²) in [6, 6.07) is 8.39. The maximum absolute atomic E-state index is 9.00. The fourth-order valence-corrected chi connectivity index (χ4v) is 2.40. The van der Waals surface area contributed by atoms with Crippen LogP contribution in [-0.2, 0) is 11.2 Å². The van der Waals surface area contributed by atoms with E-state index in [9.17, 15) is 0 Å². The third kappa shape index (κ3) is 5.21. The van der Waals surface area contributed by atoms with Crippen molar-refractivity contribution >= 4 is 5.97 Å². The molecule has 0 amide bonds. The van der Waals surface area contributed by atoms with Crippen LogP contribution >= 0.6 is 0 Å². The highest BCUT2D eigenvalue weighted by molar-refractivity contribution is 5.62.